The Morgan fingerprint density at radius 2 is 1.95 bits per heavy atom. The van der Waals surface area contributed by atoms with Crippen LogP contribution in [0.5, 0.6) is 11.5 Å². The van der Waals surface area contributed by atoms with Gasteiger partial charge in [0.05, 0.1) is 25.5 Å². The van der Waals surface area contributed by atoms with Gasteiger partial charge in [-0.25, -0.2) is 0 Å². The molecule has 0 atom stereocenters. The van der Waals surface area contributed by atoms with Crippen LogP contribution < -0.4 is 14.8 Å². The predicted octanol–water partition coefficient (Wildman–Crippen LogP) is 3.08. The zero-order valence-electron chi connectivity index (χ0n) is 12.0. The van der Waals surface area contributed by atoms with Gasteiger partial charge in [-0.15, -0.1) is 12.4 Å². The summed E-state index contributed by atoms with van der Waals surface area (Å²) in [6.45, 7) is 1.87. The molecule has 0 spiro atoms. The summed E-state index contributed by atoms with van der Waals surface area (Å²) in [5.74, 6) is 1.06. The van der Waals surface area contributed by atoms with E-state index in [4.69, 9.17) is 9.47 Å². The van der Waals surface area contributed by atoms with Crippen LogP contribution in [0.3, 0.4) is 0 Å². The third-order valence-electron chi connectivity index (χ3n) is 2.95. The molecule has 1 aromatic heterocycles. The fourth-order valence-electron chi connectivity index (χ4n) is 1.95. The molecule has 21 heavy (non-hydrogen) atoms. The summed E-state index contributed by atoms with van der Waals surface area (Å²) in [6.07, 6.45) is 3.13. The summed E-state index contributed by atoms with van der Waals surface area (Å²) in [4.78, 5) is 16.0. The second-order valence-corrected chi connectivity index (χ2v) is 4.17. The van der Waals surface area contributed by atoms with Gasteiger partial charge in [-0.3, -0.25) is 9.78 Å². The predicted molar refractivity (Wildman–Crippen MR) is 83.7 cm³/mol. The van der Waals surface area contributed by atoms with Gasteiger partial charge in [-0.2, -0.15) is 0 Å². The lowest BCUT2D eigenvalue weighted by Gasteiger charge is -2.15. The number of anilines is 1. The van der Waals surface area contributed by atoms with Gasteiger partial charge in [0.2, 0.25) is 0 Å². The molecule has 0 aliphatic rings. The lowest BCUT2D eigenvalue weighted by molar-refractivity contribution is 0.102. The Morgan fingerprint density at radius 3 is 2.52 bits per heavy atom. The maximum Gasteiger partial charge on any atom is 0.257 e. The molecule has 6 heteroatoms. The Kier molecular flexibility index (Phi) is 5.99. The highest BCUT2D eigenvalue weighted by Crippen LogP contribution is 2.35. The zero-order valence-corrected chi connectivity index (χ0v) is 12.9. The molecule has 1 N–H and O–H groups in total. The SMILES string of the molecule is COc1ccc(NC(=O)c2cccnc2)c(OC)c1C.Cl. The number of pyridine rings is 1. The van der Waals surface area contributed by atoms with Crippen molar-refractivity contribution in [1.29, 1.82) is 0 Å². The standard InChI is InChI=1S/C15H16N2O3.ClH/c1-10-13(19-2)7-6-12(14(10)20-3)17-15(18)11-5-4-8-16-9-11;/h4-9H,1-3H3,(H,17,18);1H. The number of methoxy groups -OCH3 is 2. The number of aromatic nitrogens is 1. The van der Waals surface area contributed by atoms with E-state index in [1.807, 2.05) is 6.92 Å². The van der Waals surface area contributed by atoms with Crippen molar-refractivity contribution in [2.45, 2.75) is 6.92 Å². The molecule has 0 bridgehead atoms. The van der Waals surface area contributed by atoms with Crippen LogP contribution in [0.4, 0.5) is 5.69 Å². The van der Waals surface area contributed by atoms with Crippen molar-refractivity contribution in [2.24, 2.45) is 0 Å². The molecule has 0 unspecified atom stereocenters. The van der Waals surface area contributed by atoms with E-state index in [-0.39, 0.29) is 18.3 Å². The van der Waals surface area contributed by atoms with Gasteiger partial charge in [0, 0.05) is 18.0 Å². The van der Waals surface area contributed by atoms with Crippen molar-refractivity contribution in [3.05, 3.63) is 47.8 Å². The molecule has 0 fully saturated rings. The van der Waals surface area contributed by atoms with Crippen molar-refractivity contribution in [3.63, 3.8) is 0 Å². The smallest absolute Gasteiger partial charge is 0.257 e. The Balaban J connectivity index is 0.00000220. The van der Waals surface area contributed by atoms with E-state index in [9.17, 15) is 4.79 Å². The molecule has 0 radical (unpaired) electrons. The number of rotatable bonds is 4. The highest BCUT2D eigenvalue weighted by atomic mass is 35.5. The molecule has 112 valence electrons. The van der Waals surface area contributed by atoms with E-state index in [1.165, 1.54) is 6.20 Å². The average molecular weight is 309 g/mol. The van der Waals surface area contributed by atoms with Crippen LogP contribution in [0.25, 0.3) is 0 Å². The summed E-state index contributed by atoms with van der Waals surface area (Å²) >= 11 is 0. The Hall–Kier alpha value is -2.27. The monoisotopic (exact) mass is 308 g/mol. The quantitative estimate of drug-likeness (QED) is 0.943. The largest absolute Gasteiger partial charge is 0.496 e. The van der Waals surface area contributed by atoms with E-state index < -0.39 is 0 Å². The number of halogens is 1. The van der Waals surface area contributed by atoms with Crippen LogP contribution in [-0.4, -0.2) is 25.1 Å². The molecule has 1 heterocycles. The van der Waals surface area contributed by atoms with Gasteiger partial charge in [0.1, 0.15) is 11.5 Å². The summed E-state index contributed by atoms with van der Waals surface area (Å²) in [5, 5.41) is 2.81. The van der Waals surface area contributed by atoms with Gasteiger partial charge >= 0.3 is 0 Å². The van der Waals surface area contributed by atoms with Crippen LogP contribution in [-0.2, 0) is 0 Å². The second kappa shape index (κ2) is 7.50. The molecular weight excluding hydrogens is 292 g/mol. The first-order valence-electron chi connectivity index (χ1n) is 6.10. The van der Waals surface area contributed by atoms with Crippen LogP contribution in [0.1, 0.15) is 15.9 Å². The van der Waals surface area contributed by atoms with E-state index in [2.05, 4.69) is 10.3 Å². The van der Waals surface area contributed by atoms with Gasteiger partial charge in [0.15, 0.2) is 0 Å². The molecule has 0 saturated carbocycles. The molecule has 2 rings (SSSR count). The minimum Gasteiger partial charge on any atom is -0.496 e. The van der Waals surface area contributed by atoms with Gasteiger partial charge in [-0.05, 0) is 31.2 Å². The molecular formula is C15H17ClN2O3. The number of ether oxygens (including phenoxy) is 2. The fourth-order valence-corrected chi connectivity index (χ4v) is 1.95. The average Bonchev–Trinajstić information content (AvgIpc) is 2.48. The molecule has 0 aliphatic carbocycles. The molecule has 0 aliphatic heterocycles. The summed E-state index contributed by atoms with van der Waals surface area (Å²) in [5.41, 5.74) is 1.92. The number of carbonyl (C=O) groups excluding carboxylic acids is 1. The van der Waals surface area contributed by atoms with E-state index in [0.717, 1.165) is 5.56 Å². The Morgan fingerprint density at radius 1 is 1.19 bits per heavy atom. The normalized spacial score (nSPS) is 9.48. The Labute approximate surface area is 129 Å². The maximum absolute atomic E-state index is 12.1. The number of carbonyl (C=O) groups is 1. The number of hydrogen-bond donors (Lipinski definition) is 1. The highest BCUT2D eigenvalue weighted by Gasteiger charge is 2.14. The lowest BCUT2D eigenvalue weighted by Crippen LogP contribution is -2.13. The third-order valence-corrected chi connectivity index (χ3v) is 2.95. The maximum atomic E-state index is 12.1. The lowest BCUT2D eigenvalue weighted by atomic mass is 10.1. The topological polar surface area (TPSA) is 60.5 Å². The van der Waals surface area contributed by atoms with Gasteiger partial charge < -0.3 is 14.8 Å². The first-order valence-corrected chi connectivity index (χ1v) is 6.10. The molecule has 1 aromatic carbocycles. The van der Waals surface area contributed by atoms with Crippen LogP contribution in [0.2, 0.25) is 0 Å². The summed E-state index contributed by atoms with van der Waals surface area (Å²) in [6, 6.07) is 6.95. The Bertz CT molecular complexity index is 618. The minimum absolute atomic E-state index is 0. The van der Waals surface area contributed by atoms with E-state index in [1.54, 1.807) is 44.7 Å². The highest BCUT2D eigenvalue weighted by molar-refractivity contribution is 6.05. The molecule has 1 amide bonds. The van der Waals surface area contributed by atoms with Crippen molar-refractivity contribution in [2.75, 3.05) is 19.5 Å². The van der Waals surface area contributed by atoms with Gasteiger partial charge in [-0.1, -0.05) is 0 Å². The molecule has 5 nitrogen and oxygen atoms in total. The van der Waals surface area contributed by atoms with Crippen molar-refractivity contribution >= 4 is 24.0 Å². The number of nitrogens with zero attached hydrogens (tertiary/aromatic N) is 1. The first kappa shape index (κ1) is 16.8. The third kappa shape index (κ3) is 3.64. The summed E-state index contributed by atoms with van der Waals surface area (Å²) in [7, 11) is 3.15. The minimum atomic E-state index is -0.235. The van der Waals surface area contributed by atoms with Crippen LogP contribution >= 0.6 is 12.4 Å². The second-order valence-electron chi connectivity index (χ2n) is 4.17. The van der Waals surface area contributed by atoms with E-state index >= 15 is 0 Å². The van der Waals surface area contributed by atoms with Gasteiger partial charge in [0.25, 0.3) is 5.91 Å². The number of nitrogens with one attached hydrogen (secondary N) is 1. The van der Waals surface area contributed by atoms with E-state index in [0.29, 0.717) is 22.7 Å². The van der Waals surface area contributed by atoms with Crippen molar-refractivity contribution in [3.8, 4) is 11.5 Å². The zero-order chi connectivity index (χ0) is 14.5. The number of hydrogen-bond acceptors (Lipinski definition) is 4. The summed E-state index contributed by atoms with van der Waals surface area (Å²) < 4.78 is 10.6. The fraction of sp³-hybridized carbons (Fsp3) is 0.200. The molecule has 2 aromatic rings. The molecule has 0 saturated heterocycles. The van der Waals surface area contributed by atoms with Crippen molar-refractivity contribution in [1.82, 2.24) is 4.98 Å². The number of amides is 1. The van der Waals surface area contributed by atoms with Crippen molar-refractivity contribution < 1.29 is 14.3 Å². The van der Waals surface area contributed by atoms with Crippen LogP contribution in [0, 0.1) is 6.92 Å². The van der Waals surface area contributed by atoms with Crippen LogP contribution in [0.15, 0.2) is 36.7 Å². The first-order chi connectivity index (χ1) is 9.67. The number of benzene rings is 1.